The van der Waals surface area contributed by atoms with Crippen molar-refractivity contribution in [1.82, 2.24) is 14.8 Å². The molecule has 106 valence electrons. The number of aromatic nitrogens is 3. The molecule has 1 aromatic rings. The smallest absolute Gasteiger partial charge is 0.313 e. The predicted molar refractivity (Wildman–Crippen MR) is 74.8 cm³/mol. The molecule has 0 spiro atoms. The Hall–Kier alpha value is -1.24. The molecule has 1 atom stereocenters. The first kappa shape index (κ1) is 14.2. The number of rotatable bonds is 5. The minimum Gasteiger partial charge on any atom is -0.481 e. The van der Waals surface area contributed by atoms with E-state index in [1.165, 1.54) is 24.6 Å². The lowest BCUT2D eigenvalue weighted by Crippen LogP contribution is -2.29. The molecule has 0 aromatic carbocycles. The zero-order chi connectivity index (χ0) is 14.0. The van der Waals surface area contributed by atoms with Crippen LogP contribution in [0.15, 0.2) is 5.16 Å². The summed E-state index contributed by atoms with van der Waals surface area (Å²) in [6, 6.07) is 0.688. The molecule has 7 heteroatoms. The van der Waals surface area contributed by atoms with Crippen LogP contribution >= 0.6 is 11.8 Å². The van der Waals surface area contributed by atoms with E-state index in [-0.39, 0.29) is 11.8 Å². The number of thioether (sulfide) groups is 1. The van der Waals surface area contributed by atoms with Crippen molar-refractivity contribution in [3.8, 4) is 0 Å². The van der Waals surface area contributed by atoms with Crippen LogP contribution in [0.3, 0.4) is 0 Å². The van der Waals surface area contributed by atoms with Gasteiger partial charge in [0.25, 0.3) is 0 Å². The monoisotopic (exact) mass is 284 g/mol. The average molecular weight is 284 g/mol. The largest absolute Gasteiger partial charge is 0.481 e. The Balaban J connectivity index is 2.26. The van der Waals surface area contributed by atoms with Gasteiger partial charge in [0.15, 0.2) is 5.16 Å². The maximum atomic E-state index is 10.7. The molecule has 0 aliphatic carbocycles. The summed E-state index contributed by atoms with van der Waals surface area (Å²) in [5.74, 6) is 0.0488. The standard InChI is InChI=1S/C12H20N4O2S/c1-8(2)16-11(15-6-4-5-9(15)3)13-14-12(16)19-7-10(17)18/h8-9H,4-7H2,1-3H3,(H,17,18). The van der Waals surface area contributed by atoms with Crippen LogP contribution in [0.5, 0.6) is 0 Å². The Morgan fingerprint density at radius 3 is 2.79 bits per heavy atom. The topological polar surface area (TPSA) is 71.2 Å². The van der Waals surface area contributed by atoms with Gasteiger partial charge in [0, 0.05) is 18.6 Å². The Labute approximate surface area is 117 Å². The summed E-state index contributed by atoms with van der Waals surface area (Å²) in [5, 5.41) is 17.9. The number of hydrogen-bond donors (Lipinski definition) is 1. The van der Waals surface area contributed by atoms with E-state index in [1.54, 1.807) is 0 Å². The summed E-state index contributed by atoms with van der Waals surface area (Å²) >= 11 is 1.23. The van der Waals surface area contributed by atoms with Crippen molar-refractivity contribution in [2.75, 3.05) is 17.2 Å². The Bertz CT molecular complexity index is 461. The van der Waals surface area contributed by atoms with Gasteiger partial charge in [-0.3, -0.25) is 9.36 Å². The summed E-state index contributed by atoms with van der Waals surface area (Å²) in [4.78, 5) is 12.9. The van der Waals surface area contributed by atoms with Crippen LogP contribution in [0, 0.1) is 0 Å². The second-order valence-corrected chi connectivity index (χ2v) is 6.06. The van der Waals surface area contributed by atoms with Crippen molar-refractivity contribution >= 4 is 23.7 Å². The van der Waals surface area contributed by atoms with Crippen molar-refractivity contribution in [3.05, 3.63) is 0 Å². The fourth-order valence-electron chi connectivity index (χ4n) is 2.37. The molecule has 0 bridgehead atoms. The van der Waals surface area contributed by atoms with E-state index in [2.05, 4.69) is 35.9 Å². The molecular formula is C12H20N4O2S. The summed E-state index contributed by atoms with van der Waals surface area (Å²) in [6.45, 7) is 7.32. The zero-order valence-electron chi connectivity index (χ0n) is 11.5. The number of anilines is 1. The average Bonchev–Trinajstić information content (AvgIpc) is 2.91. The van der Waals surface area contributed by atoms with Crippen molar-refractivity contribution in [3.63, 3.8) is 0 Å². The third kappa shape index (κ3) is 3.02. The van der Waals surface area contributed by atoms with Gasteiger partial charge in [-0.1, -0.05) is 11.8 Å². The fourth-order valence-corrected chi connectivity index (χ4v) is 3.15. The first-order chi connectivity index (χ1) is 9.00. The molecule has 1 saturated heterocycles. The number of hydrogen-bond acceptors (Lipinski definition) is 5. The van der Waals surface area contributed by atoms with E-state index in [1.807, 2.05) is 4.57 Å². The molecule has 1 aromatic heterocycles. The lowest BCUT2D eigenvalue weighted by Gasteiger charge is -2.24. The van der Waals surface area contributed by atoms with Crippen LogP contribution in [0.1, 0.15) is 39.7 Å². The molecule has 6 nitrogen and oxygen atoms in total. The molecular weight excluding hydrogens is 264 g/mol. The van der Waals surface area contributed by atoms with Crippen LogP contribution in [-0.4, -0.2) is 44.2 Å². The summed E-state index contributed by atoms with van der Waals surface area (Å²) in [5.41, 5.74) is 0. The molecule has 1 N–H and O–H groups in total. The van der Waals surface area contributed by atoms with Crippen molar-refractivity contribution in [2.45, 2.75) is 50.9 Å². The van der Waals surface area contributed by atoms with Gasteiger partial charge in [-0.25, -0.2) is 0 Å². The quantitative estimate of drug-likeness (QED) is 0.834. The van der Waals surface area contributed by atoms with Crippen LogP contribution < -0.4 is 4.90 Å². The van der Waals surface area contributed by atoms with Crippen molar-refractivity contribution < 1.29 is 9.90 Å². The summed E-state index contributed by atoms with van der Waals surface area (Å²) in [7, 11) is 0. The predicted octanol–water partition coefficient (Wildman–Crippen LogP) is 2.02. The minimum atomic E-state index is -0.834. The first-order valence-corrected chi connectivity index (χ1v) is 7.55. The zero-order valence-corrected chi connectivity index (χ0v) is 12.4. The second kappa shape index (κ2) is 5.81. The molecule has 2 rings (SSSR count). The molecule has 0 amide bonds. The molecule has 1 aliphatic heterocycles. The lowest BCUT2D eigenvalue weighted by atomic mass is 10.2. The van der Waals surface area contributed by atoms with E-state index >= 15 is 0 Å². The SMILES string of the molecule is CC1CCCN1c1nnc(SCC(=O)O)n1C(C)C. The lowest BCUT2D eigenvalue weighted by molar-refractivity contribution is -0.133. The number of carbonyl (C=O) groups is 1. The number of carboxylic acids is 1. The number of nitrogens with zero attached hydrogens (tertiary/aromatic N) is 4. The molecule has 2 heterocycles. The maximum Gasteiger partial charge on any atom is 0.313 e. The molecule has 1 fully saturated rings. The highest BCUT2D eigenvalue weighted by atomic mass is 32.2. The van der Waals surface area contributed by atoms with E-state index in [9.17, 15) is 4.79 Å². The Morgan fingerprint density at radius 1 is 1.53 bits per heavy atom. The highest BCUT2D eigenvalue weighted by Crippen LogP contribution is 2.30. The highest BCUT2D eigenvalue weighted by Gasteiger charge is 2.27. The molecule has 1 aliphatic rings. The fraction of sp³-hybridized carbons (Fsp3) is 0.750. The third-order valence-electron chi connectivity index (χ3n) is 3.30. The van der Waals surface area contributed by atoms with Crippen molar-refractivity contribution in [2.24, 2.45) is 0 Å². The second-order valence-electron chi connectivity index (χ2n) is 5.11. The van der Waals surface area contributed by atoms with Gasteiger partial charge in [0.1, 0.15) is 0 Å². The molecule has 0 radical (unpaired) electrons. The number of aliphatic carboxylic acids is 1. The molecule has 1 unspecified atom stereocenters. The van der Waals surface area contributed by atoms with Gasteiger partial charge in [-0.15, -0.1) is 10.2 Å². The molecule has 0 saturated carbocycles. The van der Waals surface area contributed by atoms with Crippen LogP contribution in [0.4, 0.5) is 5.95 Å². The van der Waals surface area contributed by atoms with Crippen molar-refractivity contribution in [1.29, 1.82) is 0 Å². The van der Waals surface area contributed by atoms with Crippen LogP contribution in [0.25, 0.3) is 0 Å². The van der Waals surface area contributed by atoms with Crippen LogP contribution in [-0.2, 0) is 4.79 Å². The van der Waals surface area contributed by atoms with E-state index in [0.29, 0.717) is 11.2 Å². The van der Waals surface area contributed by atoms with E-state index in [4.69, 9.17) is 5.11 Å². The number of carboxylic acid groups (broad SMARTS) is 1. The first-order valence-electron chi connectivity index (χ1n) is 6.57. The van der Waals surface area contributed by atoms with Gasteiger partial charge in [0.2, 0.25) is 5.95 Å². The van der Waals surface area contributed by atoms with Gasteiger partial charge in [0.05, 0.1) is 5.75 Å². The third-order valence-corrected chi connectivity index (χ3v) is 4.23. The highest BCUT2D eigenvalue weighted by molar-refractivity contribution is 7.99. The Morgan fingerprint density at radius 2 is 2.26 bits per heavy atom. The van der Waals surface area contributed by atoms with E-state index < -0.39 is 5.97 Å². The van der Waals surface area contributed by atoms with Gasteiger partial charge >= 0.3 is 5.97 Å². The molecule has 19 heavy (non-hydrogen) atoms. The maximum absolute atomic E-state index is 10.7. The van der Waals surface area contributed by atoms with Crippen LogP contribution in [0.2, 0.25) is 0 Å². The summed E-state index contributed by atoms with van der Waals surface area (Å²) < 4.78 is 2.04. The van der Waals surface area contributed by atoms with Gasteiger partial charge in [-0.2, -0.15) is 0 Å². The normalized spacial score (nSPS) is 19.4. The Kier molecular flexibility index (Phi) is 4.34. The van der Waals surface area contributed by atoms with E-state index in [0.717, 1.165) is 12.5 Å². The van der Waals surface area contributed by atoms with Gasteiger partial charge < -0.3 is 10.0 Å². The minimum absolute atomic E-state index is 0.0143. The van der Waals surface area contributed by atoms with Gasteiger partial charge in [-0.05, 0) is 33.6 Å². The summed E-state index contributed by atoms with van der Waals surface area (Å²) in [6.07, 6.45) is 2.34.